The fraction of sp³-hybridized carbons (Fsp3) is 0.286. The number of allylic oxidation sites excluding steroid dienone is 2. The number of nitrogens with zero attached hydrogens (tertiary/aromatic N) is 3. The molecule has 1 aliphatic carbocycles. The van der Waals surface area contributed by atoms with Gasteiger partial charge in [-0.25, -0.2) is 9.97 Å². The van der Waals surface area contributed by atoms with E-state index in [-0.39, 0.29) is 18.1 Å². The topological polar surface area (TPSA) is 68.5 Å². The molecule has 4 rings (SSSR count). The number of aryl methyl sites for hydroxylation is 1. The number of fused-ring (bicyclic) bond motifs is 3. The van der Waals surface area contributed by atoms with Gasteiger partial charge in [0.2, 0.25) is 5.88 Å². The standard InChI is InChI=1S/C21H19F3N4O2/c1-11(2)30-20-17(12(3)4-5-26-20)27-19-18-14-8-13(29)9-16(21(22,23)24)15(14)10-28(18)7-6-25-19/h4-7,9-11H,8H2,1-3H3,(H,25,27). The van der Waals surface area contributed by atoms with Crippen molar-refractivity contribution in [3.05, 3.63) is 53.6 Å². The van der Waals surface area contributed by atoms with Crippen molar-refractivity contribution >= 4 is 28.4 Å². The predicted octanol–water partition coefficient (Wildman–Crippen LogP) is 4.64. The van der Waals surface area contributed by atoms with Gasteiger partial charge in [0.15, 0.2) is 11.6 Å². The molecule has 156 valence electrons. The smallest absolute Gasteiger partial charge is 0.417 e. The molecular weight excluding hydrogens is 397 g/mol. The van der Waals surface area contributed by atoms with E-state index in [0.717, 1.165) is 5.56 Å². The summed E-state index contributed by atoms with van der Waals surface area (Å²) in [5, 5.41) is 3.16. The van der Waals surface area contributed by atoms with Crippen LogP contribution in [0.15, 0.2) is 36.9 Å². The van der Waals surface area contributed by atoms with Crippen molar-refractivity contribution in [2.24, 2.45) is 0 Å². The van der Waals surface area contributed by atoms with Gasteiger partial charge in [0.05, 0.1) is 17.2 Å². The van der Waals surface area contributed by atoms with Crippen LogP contribution in [0, 0.1) is 6.92 Å². The summed E-state index contributed by atoms with van der Waals surface area (Å²) in [6.07, 6.45) is 1.81. The summed E-state index contributed by atoms with van der Waals surface area (Å²) in [7, 11) is 0. The first-order chi connectivity index (χ1) is 14.1. The van der Waals surface area contributed by atoms with Crippen molar-refractivity contribution in [2.75, 3.05) is 5.32 Å². The quantitative estimate of drug-likeness (QED) is 0.671. The van der Waals surface area contributed by atoms with Gasteiger partial charge in [0.1, 0.15) is 5.69 Å². The Morgan fingerprint density at radius 1 is 1.23 bits per heavy atom. The van der Waals surface area contributed by atoms with Gasteiger partial charge in [0, 0.05) is 36.8 Å². The van der Waals surface area contributed by atoms with Gasteiger partial charge in [-0.05, 0) is 44.0 Å². The molecule has 3 heterocycles. The lowest BCUT2D eigenvalue weighted by Gasteiger charge is -2.18. The molecule has 30 heavy (non-hydrogen) atoms. The van der Waals surface area contributed by atoms with Crippen LogP contribution in [0.3, 0.4) is 0 Å². The number of pyridine rings is 1. The van der Waals surface area contributed by atoms with E-state index in [1.54, 1.807) is 22.9 Å². The minimum Gasteiger partial charge on any atom is -0.473 e. The van der Waals surface area contributed by atoms with E-state index in [0.29, 0.717) is 34.5 Å². The van der Waals surface area contributed by atoms with E-state index in [2.05, 4.69) is 15.3 Å². The van der Waals surface area contributed by atoms with Crippen molar-refractivity contribution in [1.82, 2.24) is 14.4 Å². The molecule has 0 radical (unpaired) electrons. The molecule has 0 aliphatic heterocycles. The Morgan fingerprint density at radius 3 is 2.70 bits per heavy atom. The van der Waals surface area contributed by atoms with Crippen molar-refractivity contribution < 1.29 is 22.7 Å². The number of anilines is 2. The second-order valence-corrected chi connectivity index (χ2v) is 7.35. The third kappa shape index (κ3) is 3.51. The van der Waals surface area contributed by atoms with Crippen LogP contribution >= 0.6 is 0 Å². The van der Waals surface area contributed by atoms with E-state index in [9.17, 15) is 18.0 Å². The molecule has 0 bridgehead atoms. The SMILES string of the molecule is Cc1ccnc(OC(C)C)c1Nc1nccn2cc3c(c12)CC(=O)C=C3C(F)(F)F. The molecular formula is C21H19F3N4O2. The van der Waals surface area contributed by atoms with E-state index >= 15 is 0 Å². The third-order valence-corrected chi connectivity index (χ3v) is 4.76. The number of rotatable bonds is 4. The molecule has 3 aromatic heterocycles. The van der Waals surface area contributed by atoms with E-state index in [4.69, 9.17) is 4.74 Å². The first kappa shape index (κ1) is 19.9. The average molecular weight is 416 g/mol. The van der Waals surface area contributed by atoms with E-state index < -0.39 is 17.5 Å². The number of hydrogen-bond acceptors (Lipinski definition) is 5. The number of alkyl halides is 3. The Balaban J connectivity index is 1.87. The number of hydrogen-bond donors (Lipinski definition) is 1. The molecule has 0 aromatic carbocycles. The number of ketones is 1. The van der Waals surface area contributed by atoms with Crippen LogP contribution in [0.4, 0.5) is 24.7 Å². The molecule has 0 amide bonds. The highest BCUT2D eigenvalue weighted by Gasteiger charge is 2.40. The van der Waals surface area contributed by atoms with Crippen molar-refractivity contribution in [3.63, 3.8) is 0 Å². The van der Waals surface area contributed by atoms with Crippen LogP contribution in [-0.4, -0.2) is 32.4 Å². The van der Waals surface area contributed by atoms with Gasteiger partial charge in [-0.15, -0.1) is 0 Å². The van der Waals surface area contributed by atoms with Crippen LogP contribution in [0.5, 0.6) is 5.88 Å². The highest BCUT2D eigenvalue weighted by atomic mass is 19.4. The Bertz CT molecular complexity index is 1180. The summed E-state index contributed by atoms with van der Waals surface area (Å²) in [6, 6.07) is 1.79. The van der Waals surface area contributed by atoms with Gasteiger partial charge in [-0.1, -0.05) is 0 Å². The molecule has 9 heteroatoms. The zero-order valence-electron chi connectivity index (χ0n) is 16.5. The zero-order chi connectivity index (χ0) is 21.6. The number of halogens is 3. The molecule has 0 spiro atoms. The maximum Gasteiger partial charge on any atom is 0.417 e. The fourth-order valence-corrected chi connectivity index (χ4v) is 3.51. The van der Waals surface area contributed by atoms with Gasteiger partial charge in [-0.2, -0.15) is 13.2 Å². The first-order valence-electron chi connectivity index (χ1n) is 9.35. The summed E-state index contributed by atoms with van der Waals surface area (Å²) in [4.78, 5) is 20.7. The second-order valence-electron chi connectivity index (χ2n) is 7.35. The zero-order valence-corrected chi connectivity index (χ0v) is 16.5. The third-order valence-electron chi connectivity index (χ3n) is 4.76. The van der Waals surface area contributed by atoms with Crippen LogP contribution in [0.2, 0.25) is 0 Å². The summed E-state index contributed by atoms with van der Waals surface area (Å²) in [5.41, 5.74) is 1.14. The fourth-order valence-electron chi connectivity index (χ4n) is 3.51. The first-order valence-corrected chi connectivity index (χ1v) is 9.35. The van der Waals surface area contributed by atoms with Gasteiger partial charge >= 0.3 is 6.18 Å². The van der Waals surface area contributed by atoms with Crippen LogP contribution in [0.1, 0.15) is 30.5 Å². The number of ether oxygens (including phenoxy) is 1. The Kier molecular flexibility index (Phi) is 4.76. The van der Waals surface area contributed by atoms with Crippen molar-refractivity contribution in [3.8, 4) is 5.88 Å². The Hall–Kier alpha value is -3.36. The summed E-state index contributed by atoms with van der Waals surface area (Å²) in [5.74, 6) is 0.0833. The van der Waals surface area contributed by atoms with Crippen LogP contribution in [0.25, 0.3) is 11.1 Å². The Morgan fingerprint density at radius 2 is 2.00 bits per heavy atom. The lowest BCUT2D eigenvalue weighted by Crippen LogP contribution is -2.18. The monoisotopic (exact) mass is 416 g/mol. The number of aromatic nitrogens is 3. The predicted molar refractivity (Wildman–Crippen MR) is 106 cm³/mol. The van der Waals surface area contributed by atoms with E-state index in [1.807, 2.05) is 20.8 Å². The summed E-state index contributed by atoms with van der Waals surface area (Å²) >= 11 is 0. The largest absolute Gasteiger partial charge is 0.473 e. The van der Waals surface area contributed by atoms with Crippen LogP contribution in [-0.2, 0) is 11.2 Å². The highest BCUT2D eigenvalue weighted by Crippen LogP contribution is 2.42. The minimum atomic E-state index is -4.63. The van der Waals surface area contributed by atoms with E-state index in [1.165, 1.54) is 12.4 Å². The molecule has 0 fully saturated rings. The highest BCUT2D eigenvalue weighted by molar-refractivity contribution is 6.05. The molecule has 6 nitrogen and oxygen atoms in total. The molecule has 3 aromatic rings. The van der Waals surface area contributed by atoms with Crippen molar-refractivity contribution in [1.29, 1.82) is 0 Å². The number of carbonyl (C=O) groups excluding carboxylic acids is 1. The van der Waals surface area contributed by atoms with Gasteiger partial charge in [-0.3, -0.25) is 4.79 Å². The second kappa shape index (κ2) is 7.16. The minimum absolute atomic E-state index is 0.0142. The summed E-state index contributed by atoms with van der Waals surface area (Å²) < 4.78 is 47.8. The Labute approximate surface area is 170 Å². The molecule has 0 saturated heterocycles. The lowest BCUT2D eigenvalue weighted by molar-refractivity contribution is -0.114. The van der Waals surface area contributed by atoms with Gasteiger partial charge < -0.3 is 14.5 Å². The molecule has 1 aliphatic rings. The van der Waals surface area contributed by atoms with Gasteiger partial charge in [0.25, 0.3) is 0 Å². The van der Waals surface area contributed by atoms with Crippen LogP contribution < -0.4 is 10.1 Å². The number of nitrogens with one attached hydrogen (secondary N) is 1. The van der Waals surface area contributed by atoms with Crippen molar-refractivity contribution in [2.45, 2.75) is 39.5 Å². The number of carbonyl (C=O) groups is 1. The normalized spacial score (nSPS) is 14.1. The molecule has 1 N–H and O–H groups in total. The lowest BCUT2D eigenvalue weighted by atomic mass is 9.92. The summed E-state index contributed by atoms with van der Waals surface area (Å²) in [6.45, 7) is 5.60. The molecule has 0 atom stereocenters. The average Bonchev–Trinajstić information content (AvgIpc) is 3.01. The molecule has 0 saturated carbocycles. The molecule has 0 unspecified atom stereocenters. The maximum absolute atomic E-state index is 13.5. The maximum atomic E-state index is 13.5.